The molecule has 0 spiro atoms. The smallest absolute Gasteiger partial charge is 0.378 e. The third kappa shape index (κ3) is 10.1. The molecule has 4 nitrogen and oxygen atoms in total. The second-order valence-electron chi connectivity index (χ2n) is 8.02. The predicted octanol–water partition coefficient (Wildman–Crippen LogP) is 7.62. The van der Waals surface area contributed by atoms with Crippen LogP contribution < -0.4 is 10.6 Å². The number of carbonyl (C=O) groups excluding carboxylic acids is 1. The summed E-state index contributed by atoms with van der Waals surface area (Å²) in [5, 5.41) is 12.6. The molecule has 0 saturated heterocycles. The Labute approximate surface area is 230 Å². The number of hydrogen-bond donors (Lipinski definition) is 3. The number of rotatable bonds is 9. The third-order valence-electron chi connectivity index (χ3n) is 5.01. The van der Waals surface area contributed by atoms with E-state index in [2.05, 4.69) is 5.32 Å². The minimum atomic E-state index is -5.08. The Bertz CT molecular complexity index is 1180. The van der Waals surface area contributed by atoms with E-state index in [0.717, 1.165) is 30.3 Å². The Morgan fingerprint density at radius 2 is 1.51 bits per heavy atom. The van der Waals surface area contributed by atoms with Crippen molar-refractivity contribution in [3.05, 3.63) is 73.7 Å². The molecule has 0 saturated carbocycles. The van der Waals surface area contributed by atoms with Crippen LogP contribution in [0.4, 0.5) is 39.5 Å². The predicted molar refractivity (Wildman–Crippen MR) is 128 cm³/mol. The Kier molecular flexibility index (Phi) is 11.0. The van der Waals surface area contributed by atoms with Gasteiger partial charge in [-0.1, -0.05) is 53.0 Å². The van der Waals surface area contributed by atoms with E-state index in [1.165, 1.54) is 0 Å². The summed E-state index contributed by atoms with van der Waals surface area (Å²) in [5.41, 5.74) is -3.08. The van der Waals surface area contributed by atoms with Crippen molar-refractivity contribution < 1.29 is 49.4 Å². The molecular formula is C23H18Cl3F9N2O2. The molecule has 0 radical (unpaired) electrons. The lowest BCUT2D eigenvalue weighted by Gasteiger charge is -2.19. The highest BCUT2D eigenvalue weighted by Crippen LogP contribution is 2.41. The fourth-order valence-corrected chi connectivity index (χ4v) is 3.88. The van der Waals surface area contributed by atoms with Crippen molar-refractivity contribution in [2.75, 3.05) is 13.1 Å². The summed E-state index contributed by atoms with van der Waals surface area (Å²) in [4.78, 5) is 12.3. The molecule has 0 fully saturated rings. The van der Waals surface area contributed by atoms with Crippen molar-refractivity contribution in [2.24, 2.45) is 0 Å². The van der Waals surface area contributed by atoms with Gasteiger partial charge in [0.1, 0.15) is 6.23 Å². The topological polar surface area (TPSA) is 61.4 Å². The van der Waals surface area contributed by atoms with Crippen LogP contribution in [-0.4, -0.2) is 42.7 Å². The molecule has 3 N–H and O–H groups in total. The number of hydrogen-bond acceptors (Lipinski definition) is 3. The number of aliphatic hydroxyl groups excluding tert-OH is 1. The summed E-state index contributed by atoms with van der Waals surface area (Å²) < 4.78 is 119. The van der Waals surface area contributed by atoms with E-state index in [0.29, 0.717) is 12.1 Å². The number of aliphatic hydroxyl groups is 1. The van der Waals surface area contributed by atoms with Crippen LogP contribution in [0.1, 0.15) is 39.4 Å². The lowest BCUT2D eigenvalue weighted by molar-refractivity contribution is -0.156. The highest BCUT2D eigenvalue weighted by atomic mass is 35.5. The molecule has 0 heterocycles. The Hall–Kier alpha value is -2.19. The molecule has 1 amide bonds. The van der Waals surface area contributed by atoms with Gasteiger partial charge in [-0.2, -0.15) is 39.5 Å². The minimum Gasteiger partial charge on any atom is -0.378 e. The van der Waals surface area contributed by atoms with E-state index >= 15 is 0 Å². The Morgan fingerprint density at radius 1 is 0.923 bits per heavy atom. The number of carbonyl (C=O) groups is 1. The molecule has 2 aromatic rings. The molecule has 2 unspecified atom stereocenters. The molecule has 39 heavy (non-hydrogen) atoms. The van der Waals surface area contributed by atoms with E-state index in [1.807, 2.05) is 5.32 Å². The van der Waals surface area contributed by atoms with Gasteiger partial charge in [-0.25, -0.2) is 0 Å². The molecule has 16 heteroatoms. The first kappa shape index (κ1) is 33.0. The molecule has 0 aliphatic rings. The van der Waals surface area contributed by atoms with Gasteiger partial charge in [0.2, 0.25) is 0 Å². The highest BCUT2D eigenvalue weighted by molar-refractivity contribution is 6.48. The van der Waals surface area contributed by atoms with Gasteiger partial charge in [-0.15, -0.1) is 0 Å². The van der Waals surface area contributed by atoms with E-state index in [9.17, 15) is 49.4 Å². The van der Waals surface area contributed by atoms with Crippen LogP contribution in [0.15, 0.2) is 36.4 Å². The molecule has 0 bridgehead atoms. The summed E-state index contributed by atoms with van der Waals surface area (Å²) in [7, 11) is 0. The van der Waals surface area contributed by atoms with Crippen molar-refractivity contribution in [1.29, 1.82) is 0 Å². The number of allylic oxidation sites excluding steroid dienone is 1. The van der Waals surface area contributed by atoms with Crippen LogP contribution in [0.5, 0.6) is 0 Å². The summed E-state index contributed by atoms with van der Waals surface area (Å²) in [6.07, 6.45) is -16.8. The molecule has 2 atom stereocenters. The van der Waals surface area contributed by atoms with Crippen LogP contribution in [0.25, 0.3) is 6.08 Å². The second kappa shape index (κ2) is 13.0. The maximum Gasteiger partial charge on any atom is 0.417 e. The van der Waals surface area contributed by atoms with E-state index in [4.69, 9.17) is 34.8 Å². The molecule has 0 aliphatic carbocycles. The first-order valence-electron chi connectivity index (χ1n) is 10.7. The van der Waals surface area contributed by atoms with Crippen LogP contribution >= 0.6 is 34.8 Å². The number of alkyl halides is 9. The number of amides is 1. The average molecular weight is 632 g/mol. The van der Waals surface area contributed by atoms with Gasteiger partial charge in [0.25, 0.3) is 5.91 Å². The zero-order valence-electron chi connectivity index (χ0n) is 19.2. The van der Waals surface area contributed by atoms with Crippen LogP contribution in [0.3, 0.4) is 0 Å². The summed E-state index contributed by atoms with van der Waals surface area (Å²) in [5.74, 6) is -3.56. The largest absolute Gasteiger partial charge is 0.417 e. The first-order chi connectivity index (χ1) is 17.8. The van der Waals surface area contributed by atoms with Crippen LogP contribution in [0.2, 0.25) is 15.1 Å². The highest BCUT2D eigenvalue weighted by Gasteiger charge is 2.40. The lowest BCUT2D eigenvalue weighted by Crippen LogP contribution is -2.39. The maximum absolute atomic E-state index is 13.7. The van der Waals surface area contributed by atoms with Gasteiger partial charge in [-0.05, 0) is 35.4 Å². The fourth-order valence-electron chi connectivity index (χ4n) is 3.27. The SMILES string of the molecule is O=C(NCCNC(O)CC(F)(F)F)c1ccc(/C=C/C(c2cc(Cl)c(Cl)c(Cl)c2)C(F)(F)F)cc1C(F)(F)F. The van der Waals surface area contributed by atoms with Gasteiger partial charge >= 0.3 is 18.5 Å². The van der Waals surface area contributed by atoms with Crippen molar-refractivity contribution in [2.45, 2.75) is 37.1 Å². The molecule has 0 aromatic heterocycles. The Balaban J connectivity index is 2.25. The lowest BCUT2D eigenvalue weighted by atomic mass is 9.96. The molecule has 2 aromatic carbocycles. The van der Waals surface area contributed by atoms with Gasteiger partial charge in [-0.3, -0.25) is 10.1 Å². The van der Waals surface area contributed by atoms with Crippen molar-refractivity contribution in [3.8, 4) is 0 Å². The van der Waals surface area contributed by atoms with Crippen molar-refractivity contribution in [1.82, 2.24) is 10.6 Å². The van der Waals surface area contributed by atoms with Crippen molar-refractivity contribution >= 4 is 46.8 Å². The molecule has 0 aliphatic heterocycles. The number of benzene rings is 2. The second-order valence-corrected chi connectivity index (χ2v) is 9.22. The normalized spacial score (nSPS) is 14.5. The minimum absolute atomic E-state index is 0.177. The van der Waals surface area contributed by atoms with Crippen molar-refractivity contribution in [3.63, 3.8) is 0 Å². The van der Waals surface area contributed by atoms with Gasteiger partial charge < -0.3 is 10.4 Å². The molecule has 216 valence electrons. The van der Waals surface area contributed by atoms with Gasteiger partial charge in [0, 0.05) is 13.1 Å². The van der Waals surface area contributed by atoms with E-state index in [-0.39, 0.29) is 20.6 Å². The number of nitrogens with one attached hydrogen (secondary N) is 2. The molecular weight excluding hydrogens is 614 g/mol. The van der Waals surface area contributed by atoms with Gasteiger partial charge in [0.05, 0.1) is 38.5 Å². The van der Waals surface area contributed by atoms with Crippen LogP contribution in [-0.2, 0) is 6.18 Å². The number of halogens is 12. The van der Waals surface area contributed by atoms with Gasteiger partial charge in [0.15, 0.2) is 0 Å². The van der Waals surface area contributed by atoms with E-state index in [1.54, 1.807) is 0 Å². The van der Waals surface area contributed by atoms with E-state index < -0.39 is 72.8 Å². The first-order valence-corrected chi connectivity index (χ1v) is 11.8. The zero-order valence-corrected chi connectivity index (χ0v) is 21.5. The van der Waals surface area contributed by atoms with Crippen LogP contribution in [0, 0.1) is 0 Å². The third-order valence-corrected chi connectivity index (χ3v) is 6.20. The summed E-state index contributed by atoms with van der Waals surface area (Å²) >= 11 is 17.4. The monoisotopic (exact) mass is 630 g/mol. The maximum atomic E-state index is 13.7. The summed E-state index contributed by atoms with van der Waals surface area (Å²) in [6, 6.07) is 4.02. The standard InChI is InChI=1S/C23H18Cl3F9N2O2/c24-16-8-12(9-17(25)19(16)26)14(22(30,31)32)4-2-11-1-3-13(15(7-11)23(33,34)35)20(39)37-6-5-36-18(38)10-21(27,28)29/h1-4,7-9,14,18,36,38H,5-6,10H2,(H,37,39)/b4-2+. The Morgan fingerprint density at radius 3 is 2.03 bits per heavy atom. The fraction of sp³-hybridized carbons (Fsp3) is 0.348. The summed E-state index contributed by atoms with van der Waals surface area (Å²) in [6.45, 7) is -0.838. The average Bonchev–Trinajstić information content (AvgIpc) is 2.77. The molecule has 2 rings (SSSR count). The zero-order chi connectivity index (χ0) is 29.8. The quantitative estimate of drug-likeness (QED) is 0.116.